The summed E-state index contributed by atoms with van der Waals surface area (Å²) in [6, 6.07) is 6.33. The molecule has 0 fully saturated rings. The molecule has 90 valence electrons. The van der Waals surface area contributed by atoms with Crippen LogP contribution in [0.25, 0.3) is 5.69 Å². The standard InChI is InChI=1S/C13H16FN3/c1-2-3-13-10(8-15)9-16-17(13)12-6-4-11(14)5-7-12/h4-7,9H,2-3,8,15H2,1H3. The van der Waals surface area contributed by atoms with E-state index in [0.29, 0.717) is 6.54 Å². The van der Waals surface area contributed by atoms with Crippen molar-refractivity contribution in [2.75, 3.05) is 0 Å². The summed E-state index contributed by atoms with van der Waals surface area (Å²) in [5.74, 6) is -0.239. The number of rotatable bonds is 4. The largest absolute Gasteiger partial charge is 0.326 e. The molecule has 0 spiro atoms. The van der Waals surface area contributed by atoms with Crippen molar-refractivity contribution in [1.29, 1.82) is 0 Å². The van der Waals surface area contributed by atoms with Crippen molar-refractivity contribution in [3.8, 4) is 5.69 Å². The minimum absolute atomic E-state index is 0.239. The van der Waals surface area contributed by atoms with Gasteiger partial charge in [-0.05, 0) is 30.7 Å². The van der Waals surface area contributed by atoms with Crippen LogP contribution in [0.3, 0.4) is 0 Å². The Bertz CT molecular complexity index is 488. The van der Waals surface area contributed by atoms with Gasteiger partial charge in [-0.2, -0.15) is 5.10 Å². The van der Waals surface area contributed by atoms with Gasteiger partial charge < -0.3 is 5.73 Å². The number of hydrogen-bond donors (Lipinski definition) is 1. The van der Waals surface area contributed by atoms with Gasteiger partial charge in [-0.15, -0.1) is 0 Å². The summed E-state index contributed by atoms with van der Waals surface area (Å²) in [7, 11) is 0. The molecule has 0 amide bonds. The zero-order valence-corrected chi connectivity index (χ0v) is 9.86. The van der Waals surface area contributed by atoms with Gasteiger partial charge in [-0.1, -0.05) is 13.3 Å². The number of halogens is 1. The minimum Gasteiger partial charge on any atom is -0.326 e. The third-order valence-electron chi connectivity index (χ3n) is 2.73. The highest BCUT2D eigenvalue weighted by atomic mass is 19.1. The molecule has 1 heterocycles. The smallest absolute Gasteiger partial charge is 0.123 e. The summed E-state index contributed by atoms with van der Waals surface area (Å²) in [6.45, 7) is 2.60. The van der Waals surface area contributed by atoms with Crippen LogP contribution in [-0.4, -0.2) is 9.78 Å². The third kappa shape index (κ3) is 2.36. The van der Waals surface area contributed by atoms with E-state index in [9.17, 15) is 4.39 Å². The van der Waals surface area contributed by atoms with E-state index < -0.39 is 0 Å². The van der Waals surface area contributed by atoms with Crippen LogP contribution in [0.5, 0.6) is 0 Å². The van der Waals surface area contributed by atoms with E-state index in [0.717, 1.165) is 29.8 Å². The molecule has 4 heteroatoms. The predicted octanol–water partition coefficient (Wildman–Crippen LogP) is 2.42. The van der Waals surface area contributed by atoms with Crippen molar-refractivity contribution in [3.05, 3.63) is 47.5 Å². The Morgan fingerprint density at radius 1 is 1.29 bits per heavy atom. The lowest BCUT2D eigenvalue weighted by atomic mass is 10.1. The molecule has 0 aliphatic carbocycles. The fourth-order valence-corrected chi connectivity index (χ4v) is 1.89. The van der Waals surface area contributed by atoms with Crippen LogP contribution in [0.1, 0.15) is 24.6 Å². The maximum atomic E-state index is 12.9. The zero-order valence-electron chi connectivity index (χ0n) is 9.86. The lowest BCUT2D eigenvalue weighted by Crippen LogP contribution is -2.05. The van der Waals surface area contributed by atoms with Gasteiger partial charge >= 0.3 is 0 Å². The summed E-state index contributed by atoms with van der Waals surface area (Å²) in [5, 5.41) is 4.32. The SMILES string of the molecule is CCCc1c(CN)cnn1-c1ccc(F)cc1. The molecule has 0 saturated heterocycles. The van der Waals surface area contributed by atoms with Crippen molar-refractivity contribution < 1.29 is 4.39 Å². The first-order valence-corrected chi connectivity index (χ1v) is 5.78. The van der Waals surface area contributed by atoms with Gasteiger partial charge in [-0.25, -0.2) is 9.07 Å². The first-order chi connectivity index (χ1) is 8.26. The molecule has 0 aliphatic heterocycles. The molecule has 2 aromatic rings. The van der Waals surface area contributed by atoms with Crippen LogP contribution in [0, 0.1) is 5.82 Å². The monoisotopic (exact) mass is 233 g/mol. The van der Waals surface area contributed by atoms with Crippen molar-refractivity contribution >= 4 is 0 Å². The second-order valence-corrected chi connectivity index (χ2v) is 3.96. The number of nitrogens with zero attached hydrogens (tertiary/aromatic N) is 2. The Hall–Kier alpha value is -1.68. The van der Waals surface area contributed by atoms with Gasteiger partial charge in [0, 0.05) is 17.8 Å². The highest BCUT2D eigenvalue weighted by Crippen LogP contribution is 2.16. The second-order valence-electron chi connectivity index (χ2n) is 3.96. The van der Waals surface area contributed by atoms with E-state index in [1.54, 1.807) is 18.3 Å². The average Bonchev–Trinajstić information content (AvgIpc) is 2.74. The van der Waals surface area contributed by atoms with E-state index in [-0.39, 0.29) is 5.82 Å². The number of aromatic nitrogens is 2. The maximum absolute atomic E-state index is 12.9. The molecular weight excluding hydrogens is 217 g/mol. The molecule has 17 heavy (non-hydrogen) atoms. The first-order valence-electron chi connectivity index (χ1n) is 5.78. The number of nitrogens with two attached hydrogens (primary N) is 1. The Labute approximate surface area is 100 Å². The second kappa shape index (κ2) is 5.10. The molecule has 0 atom stereocenters. The molecule has 0 radical (unpaired) electrons. The minimum atomic E-state index is -0.239. The van der Waals surface area contributed by atoms with Crippen LogP contribution in [0.2, 0.25) is 0 Å². The Balaban J connectivity index is 2.43. The van der Waals surface area contributed by atoms with E-state index >= 15 is 0 Å². The van der Waals surface area contributed by atoms with Gasteiger partial charge in [0.25, 0.3) is 0 Å². The van der Waals surface area contributed by atoms with E-state index in [1.807, 2.05) is 4.68 Å². The summed E-state index contributed by atoms with van der Waals surface area (Å²) in [6.07, 6.45) is 3.73. The topological polar surface area (TPSA) is 43.8 Å². The molecule has 0 aliphatic rings. The summed E-state index contributed by atoms with van der Waals surface area (Å²) in [4.78, 5) is 0. The van der Waals surface area contributed by atoms with Gasteiger partial charge in [0.15, 0.2) is 0 Å². The quantitative estimate of drug-likeness (QED) is 0.881. The van der Waals surface area contributed by atoms with Crippen molar-refractivity contribution in [2.45, 2.75) is 26.3 Å². The first kappa shape index (κ1) is 11.8. The Morgan fingerprint density at radius 2 is 2.00 bits per heavy atom. The van der Waals surface area contributed by atoms with Crippen LogP contribution in [-0.2, 0) is 13.0 Å². The lowest BCUT2D eigenvalue weighted by molar-refractivity contribution is 0.626. The van der Waals surface area contributed by atoms with Gasteiger partial charge in [0.1, 0.15) is 5.82 Å². The molecule has 1 aromatic carbocycles. The highest BCUT2D eigenvalue weighted by Gasteiger charge is 2.10. The van der Waals surface area contributed by atoms with E-state index in [2.05, 4.69) is 12.0 Å². The van der Waals surface area contributed by atoms with E-state index in [4.69, 9.17) is 5.73 Å². The summed E-state index contributed by atoms with van der Waals surface area (Å²) < 4.78 is 14.7. The molecule has 1 aromatic heterocycles. The normalized spacial score (nSPS) is 10.8. The molecule has 0 unspecified atom stereocenters. The average molecular weight is 233 g/mol. The number of benzene rings is 1. The van der Waals surface area contributed by atoms with Crippen molar-refractivity contribution in [1.82, 2.24) is 9.78 Å². The molecule has 0 bridgehead atoms. The Morgan fingerprint density at radius 3 is 2.59 bits per heavy atom. The van der Waals surface area contributed by atoms with Crippen LogP contribution in [0.4, 0.5) is 4.39 Å². The van der Waals surface area contributed by atoms with Crippen molar-refractivity contribution in [3.63, 3.8) is 0 Å². The fourth-order valence-electron chi connectivity index (χ4n) is 1.89. The summed E-state index contributed by atoms with van der Waals surface area (Å²) in [5.41, 5.74) is 8.72. The molecular formula is C13H16FN3. The molecule has 2 N–H and O–H groups in total. The van der Waals surface area contributed by atoms with Gasteiger partial charge in [-0.3, -0.25) is 0 Å². The molecule has 3 nitrogen and oxygen atoms in total. The van der Waals surface area contributed by atoms with E-state index in [1.165, 1.54) is 12.1 Å². The highest BCUT2D eigenvalue weighted by molar-refractivity contribution is 5.35. The van der Waals surface area contributed by atoms with Crippen LogP contribution >= 0.6 is 0 Å². The lowest BCUT2D eigenvalue weighted by Gasteiger charge is -2.08. The van der Waals surface area contributed by atoms with Gasteiger partial charge in [0.2, 0.25) is 0 Å². The van der Waals surface area contributed by atoms with Crippen LogP contribution < -0.4 is 5.73 Å². The van der Waals surface area contributed by atoms with Gasteiger partial charge in [0.05, 0.1) is 11.9 Å². The Kier molecular flexibility index (Phi) is 3.54. The third-order valence-corrected chi connectivity index (χ3v) is 2.73. The van der Waals surface area contributed by atoms with Crippen molar-refractivity contribution in [2.24, 2.45) is 5.73 Å². The predicted molar refractivity (Wildman–Crippen MR) is 65.4 cm³/mol. The molecule has 2 rings (SSSR count). The van der Waals surface area contributed by atoms with Crippen LogP contribution in [0.15, 0.2) is 30.5 Å². The molecule has 0 saturated carbocycles. The maximum Gasteiger partial charge on any atom is 0.123 e. The zero-order chi connectivity index (χ0) is 12.3. The summed E-state index contributed by atoms with van der Waals surface area (Å²) >= 11 is 0. The fraction of sp³-hybridized carbons (Fsp3) is 0.308. The number of hydrogen-bond acceptors (Lipinski definition) is 2.